The van der Waals surface area contributed by atoms with E-state index >= 15 is 0 Å². The van der Waals surface area contributed by atoms with E-state index in [9.17, 15) is 9.59 Å². The first-order valence-electron chi connectivity index (χ1n) is 5.76. The molecule has 1 amide bonds. The number of nitrogens with one attached hydrogen (secondary N) is 1. The van der Waals surface area contributed by atoms with Gasteiger partial charge in [0.1, 0.15) is 6.54 Å². The fourth-order valence-corrected chi connectivity index (χ4v) is 1.52. The summed E-state index contributed by atoms with van der Waals surface area (Å²) in [5.74, 6) is -0.722. The average molecular weight is 250 g/mol. The van der Waals surface area contributed by atoms with Crippen LogP contribution < -0.4 is 10.2 Å². The lowest BCUT2D eigenvalue weighted by molar-refractivity contribution is -0.141. The molecule has 0 fully saturated rings. The quantitative estimate of drug-likeness (QED) is 0.793. The fraction of sp³-hybridized carbons (Fsp3) is 0.385. The third-order valence-electron chi connectivity index (χ3n) is 2.33. The standard InChI is InChI=1S/C13H18N2O3/c1-4-18-12(16)9-14-13(17)10-7-5-6-8-11(10)15(2)3/h5-8H,4,9H2,1-3H3,(H,14,17). The van der Waals surface area contributed by atoms with Crippen LogP contribution in [0.5, 0.6) is 0 Å². The molecular weight excluding hydrogens is 232 g/mol. The zero-order valence-electron chi connectivity index (χ0n) is 10.9. The number of ether oxygens (including phenoxy) is 1. The van der Waals surface area contributed by atoms with Crippen LogP contribution in [-0.2, 0) is 9.53 Å². The Morgan fingerprint density at radius 1 is 1.28 bits per heavy atom. The maximum atomic E-state index is 11.9. The van der Waals surface area contributed by atoms with Gasteiger partial charge < -0.3 is 15.0 Å². The predicted molar refractivity (Wildman–Crippen MR) is 69.7 cm³/mol. The third kappa shape index (κ3) is 3.76. The van der Waals surface area contributed by atoms with E-state index in [1.165, 1.54) is 0 Å². The van der Waals surface area contributed by atoms with Gasteiger partial charge in [-0.2, -0.15) is 0 Å². The van der Waals surface area contributed by atoms with Crippen molar-refractivity contribution in [3.63, 3.8) is 0 Å². The van der Waals surface area contributed by atoms with Crippen LogP contribution in [0.25, 0.3) is 0 Å². The summed E-state index contributed by atoms with van der Waals surface area (Å²) in [6.07, 6.45) is 0. The summed E-state index contributed by atoms with van der Waals surface area (Å²) in [6.45, 7) is 1.92. The van der Waals surface area contributed by atoms with E-state index in [0.29, 0.717) is 12.2 Å². The zero-order valence-corrected chi connectivity index (χ0v) is 10.9. The average Bonchev–Trinajstić information content (AvgIpc) is 2.36. The monoisotopic (exact) mass is 250 g/mol. The Morgan fingerprint density at radius 3 is 2.56 bits per heavy atom. The van der Waals surface area contributed by atoms with Gasteiger partial charge in [-0.25, -0.2) is 0 Å². The molecule has 0 aliphatic rings. The van der Waals surface area contributed by atoms with Gasteiger partial charge in [0.05, 0.1) is 12.2 Å². The maximum absolute atomic E-state index is 11.9. The summed E-state index contributed by atoms with van der Waals surface area (Å²) in [7, 11) is 3.72. The van der Waals surface area contributed by atoms with Gasteiger partial charge in [0, 0.05) is 19.8 Å². The van der Waals surface area contributed by atoms with Gasteiger partial charge in [0.15, 0.2) is 0 Å². The normalized spacial score (nSPS) is 9.72. The van der Waals surface area contributed by atoms with Crippen LogP contribution in [0.4, 0.5) is 5.69 Å². The van der Waals surface area contributed by atoms with Crippen molar-refractivity contribution >= 4 is 17.6 Å². The van der Waals surface area contributed by atoms with Gasteiger partial charge in [-0.1, -0.05) is 12.1 Å². The minimum atomic E-state index is -0.437. The minimum absolute atomic E-state index is 0.117. The van der Waals surface area contributed by atoms with Gasteiger partial charge in [0.2, 0.25) is 0 Å². The number of esters is 1. The molecule has 1 N–H and O–H groups in total. The fourth-order valence-electron chi connectivity index (χ4n) is 1.52. The third-order valence-corrected chi connectivity index (χ3v) is 2.33. The lowest BCUT2D eigenvalue weighted by Gasteiger charge is -2.16. The first kappa shape index (κ1) is 14.0. The van der Waals surface area contributed by atoms with Crippen molar-refractivity contribution in [1.29, 1.82) is 0 Å². The summed E-state index contributed by atoms with van der Waals surface area (Å²) in [4.78, 5) is 24.9. The number of carbonyl (C=O) groups is 2. The molecule has 0 heterocycles. The summed E-state index contributed by atoms with van der Waals surface area (Å²) >= 11 is 0. The SMILES string of the molecule is CCOC(=O)CNC(=O)c1ccccc1N(C)C. The van der Waals surface area contributed by atoms with E-state index in [1.807, 2.05) is 31.1 Å². The van der Waals surface area contributed by atoms with Crippen molar-refractivity contribution in [2.75, 3.05) is 32.1 Å². The van der Waals surface area contributed by atoms with Gasteiger partial charge in [-0.15, -0.1) is 0 Å². The number of carbonyl (C=O) groups excluding carboxylic acids is 2. The molecule has 5 nitrogen and oxygen atoms in total. The number of hydrogen-bond acceptors (Lipinski definition) is 4. The molecule has 0 aliphatic carbocycles. The molecule has 5 heteroatoms. The molecular formula is C13H18N2O3. The molecule has 0 spiro atoms. The minimum Gasteiger partial charge on any atom is -0.465 e. The van der Waals surface area contributed by atoms with E-state index in [4.69, 9.17) is 4.74 Å². The van der Waals surface area contributed by atoms with Crippen LogP contribution in [0.2, 0.25) is 0 Å². The second-order valence-corrected chi connectivity index (χ2v) is 3.90. The van der Waals surface area contributed by atoms with Crippen molar-refractivity contribution in [1.82, 2.24) is 5.32 Å². The molecule has 0 atom stereocenters. The maximum Gasteiger partial charge on any atom is 0.325 e. The molecule has 0 bridgehead atoms. The highest BCUT2D eigenvalue weighted by Gasteiger charge is 2.13. The summed E-state index contributed by atoms with van der Waals surface area (Å²) in [6, 6.07) is 7.21. The topological polar surface area (TPSA) is 58.6 Å². The molecule has 1 aromatic carbocycles. The van der Waals surface area contributed by atoms with Gasteiger partial charge in [0.25, 0.3) is 5.91 Å². The molecule has 0 aromatic heterocycles. The summed E-state index contributed by atoms with van der Waals surface area (Å²) < 4.78 is 4.74. The van der Waals surface area contributed by atoms with E-state index in [1.54, 1.807) is 19.1 Å². The Bertz CT molecular complexity index is 430. The number of para-hydroxylation sites is 1. The molecule has 1 aromatic rings. The molecule has 1 rings (SSSR count). The predicted octanol–water partition coefficient (Wildman–Crippen LogP) is 1.05. The molecule has 18 heavy (non-hydrogen) atoms. The number of nitrogens with zero attached hydrogens (tertiary/aromatic N) is 1. The summed E-state index contributed by atoms with van der Waals surface area (Å²) in [5, 5.41) is 2.54. The first-order chi connectivity index (χ1) is 8.56. The Kier molecular flexibility index (Phi) is 5.17. The Labute approximate surface area is 107 Å². The molecule has 0 unspecified atom stereocenters. The van der Waals surface area contributed by atoms with E-state index in [0.717, 1.165) is 5.69 Å². The van der Waals surface area contributed by atoms with E-state index < -0.39 is 5.97 Å². The van der Waals surface area contributed by atoms with Crippen LogP contribution in [0, 0.1) is 0 Å². The van der Waals surface area contributed by atoms with Crippen molar-refractivity contribution in [2.24, 2.45) is 0 Å². The summed E-state index contributed by atoms with van der Waals surface area (Å²) in [5.41, 5.74) is 1.34. The molecule has 98 valence electrons. The highest BCUT2D eigenvalue weighted by atomic mass is 16.5. The smallest absolute Gasteiger partial charge is 0.325 e. The van der Waals surface area contributed by atoms with Crippen molar-refractivity contribution in [2.45, 2.75) is 6.92 Å². The van der Waals surface area contributed by atoms with Gasteiger partial charge in [-0.3, -0.25) is 9.59 Å². The second kappa shape index (κ2) is 6.64. The van der Waals surface area contributed by atoms with E-state index in [2.05, 4.69) is 5.32 Å². The Morgan fingerprint density at radius 2 is 1.94 bits per heavy atom. The highest BCUT2D eigenvalue weighted by molar-refractivity contribution is 6.00. The molecule has 0 saturated carbocycles. The number of benzene rings is 1. The first-order valence-corrected chi connectivity index (χ1v) is 5.76. The Hall–Kier alpha value is -2.04. The largest absolute Gasteiger partial charge is 0.465 e. The van der Waals surface area contributed by atoms with Gasteiger partial charge in [-0.05, 0) is 19.1 Å². The van der Waals surface area contributed by atoms with Crippen molar-refractivity contribution < 1.29 is 14.3 Å². The second-order valence-electron chi connectivity index (χ2n) is 3.90. The number of rotatable bonds is 5. The van der Waals surface area contributed by atoms with Gasteiger partial charge >= 0.3 is 5.97 Å². The van der Waals surface area contributed by atoms with Crippen LogP contribution in [0.3, 0.4) is 0 Å². The number of amides is 1. The van der Waals surface area contributed by atoms with Crippen molar-refractivity contribution in [3.8, 4) is 0 Å². The van der Waals surface area contributed by atoms with E-state index in [-0.39, 0.29) is 12.5 Å². The zero-order chi connectivity index (χ0) is 13.5. The van der Waals surface area contributed by atoms with Crippen LogP contribution >= 0.6 is 0 Å². The lowest BCUT2D eigenvalue weighted by Crippen LogP contribution is -2.31. The molecule has 0 saturated heterocycles. The lowest BCUT2D eigenvalue weighted by atomic mass is 10.1. The number of hydrogen-bond donors (Lipinski definition) is 1. The Balaban J connectivity index is 2.70. The van der Waals surface area contributed by atoms with Crippen molar-refractivity contribution in [3.05, 3.63) is 29.8 Å². The molecule has 0 radical (unpaired) electrons. The highest BCUT2D eigenvalue weighted by Crippen LogP contribution is 2.17. The molecule has 0 aliphatic heterocycles. The van der Waals surface area contributed by atoms with Crippen LogP contribution in [0.15, 0.2) is 24.3 Å². The van der Waals surface area contributed by atoms with Crippen LogP contribution in [-0.4, -0.2) is 39.1 Å². The van der Waals surface area contributed by atoms with Crippen LogP contribution in [0.1, 0.15) is 17.3 Å². The number of anilines is 1.